The van der Waals surface area contributed by atoms with Gasteiger partial charge in [-0.15, -0.1) is 6.58 Å². The van der Waals surface area contributed by atoms with Crippen molar-refractivity contribution in [3.8, 4) is 0 Å². The maximum absolute atomic E-state index is 5.80. The van der Waals surface area contributed by atoms with Gasteiger partial charge >= 0.3 is 0 Å². The summed E-state index contributed by atoms with van der Waals surface area (Å²) in [5, 5.41) is 0. The Morgan fingerprint density at radius 2 is 2.33 bits per heavy atom. The maximum Gasteiger partial charge on any atom is 0.0560 e. The van der Waals surface area contributed by atoms with Crippen molar-refractivity contribution in [1.82, 2.24) is 0 Å². The lowest BCUT2D eigenvalue weighted by atomic mass is 9.93. The molecule has 0 spiro atoms. The van der Waals surface area contributed by atoms with Gasteiger partial charge in [-0.3, -0.25) is 0 Å². The minimum atomic E-state index is -0.283. The lowest BCUT2D eigenvalue weighted by Crippen LogP contribution is -2.34. The molecule has 0 heterocycles. The largest absolute Gasteiger partial charge is 0.318 e. The molecule has 0 saturated carbocycles. The lowest BCUT2D eigenvalue weighted by molar-refractivity contribution is 0.661. The third kappa shape index (κ3) is 1.30. The zero-order valence-corrected chi connectivity index (χ0v) is 5.38. The van der Waals surface area contributed by atoms with Crippen LogP contribution in [0.2, 0.25) is 0 Å². The number of rotatable bonds is 1. The van der Waals surface area contributed by atoms with Crippen LogP contribution in [-0.4, -0.2) is 5.54 Å². The quantitative estimate of drug-likeness (QED) is 0.521. The standard InChI is InChI=1S/C8H11N/c1-2-8(9)6-4-3-5-7-8/h2-6H,1,7,9H2/t8-/m1/s1. The van der Waals surface area contributed by atoms with Crippen molar-refractivity contribution >= 4 is 0 Å². The van der Waals surface area contributed by atoms with Crippen LogP contribution in [0.15, 0.2) is 37.0 Å². The van der Waals surface area contributed by atoms with Crippen LogP contribution in [0.3, 0.4) is 0 Å². The first kappa shape index (κ1) is 6.30. The molecule has 0 aromatic heterocycles. The average Bonchev–Trinajstić information content (AvgIpc) is 1.90. The molecule has 1 aliphatic rings. The highest BCUT2D eigenvalue weighted by molar-refractivity contribution is 5.25. The second-order valence-electron chi connectivity index (χ2n) is 2.31. The molecule has 0 bridgehead atoms. The molecule has 1 nitrogen and oxygen atoms in total. The van der Waals surface area contributed by atoms with Crippen LogP contribution < -0.4 is 5.73 Å². The minimum Gasteiger partial charge on any atom is -0.318 e. The molecule has 0 aromatic carbocycles. The molecule has 2 N–H and O–H groups in total. The summed E-state index contributed by atoms with van der Waals surface area (Å²) >= 11 is 0. The van der Waals surface area contributed by atoms with Crippen LogP contribution >= 0.6 is 0 Å². The van der Waals surface area contributed by atoms with Crippen LogP contribution in [0.25, 0.3) is 0 Å². The van der Waals surface area contributed by atoms with Crippen LogP contribution in [0.4, 0.5) is 0 Å². The molecule has 1 aliphatic carbocycles. The van der Waals surface area contributed by atoms with Crippen molar-refractivity contribution < 1.29 is 0 Å². The molecule has 1 rings (SSSR count). The van der Waals surface area contributed by atoms with E-state index in [9.17, 15) is 0 Å². The van der Waals surface area contributed by atoms with Crippen molar-refractivity contribution in [2.24, 2.45) is 5.73 Å². The molecular formula is C8H11N. The summed E-state index contributed by atoms with van der Waals surface area (Å²) in [4.78, 5) is 0. The first-order chi connectivity index (χ1) is 4.27. The van der Waals surface area contributed by atoms with E-state index in [1.165, 1.54) is 0 Å². The molecule has 0 amide bonds. The highest BCUT2D eigenvalue weighted by atomic mass is 14.7. The Bertz CT molecular complexity index is 167. The van der Waals surface area contributed by atoms with E-state index in [4.69, 9.17) is 5.73 Å². The molecule has 0 aliphatic heterocycles. The Hall–Kier alpha value is -0.820. The maximum atomic E-state index is 5.80. The number of hydrogen-bond acceptors (Lipinski definition) is 1. The lowest BCUT2D eigenvalue weighted by Gasteiger charge is -2.20. The van der Waals surface area contributed by atoms with Crippen LogP contribution in [0.5, 0.6) is 0 Å². The van der Waals surface area contributed by atoms with Gasteiger partial charge in [0.05, 0.1) is 5.54 Å². The van der Waals surface area contributed by atoms with E-state index >= 15 is 0 Å². The van der Waals surface area contributed by atoms with E-state index in [0.717, 1.165) is 6.42 Å². The van der Waals surface area contributed by atoms with Crippen molar-refractivity contribution in [2.45, 2.75) is 12.0 Å². The number of hydrogen-bond donors (Lipinski definition) is 1. The SMILES string of the molecule is C=C[C@@]1(N)C=CC=CC1. The van der Waals surface area contributed by atoms with E-state index in [0.29, 0.717) is 0 Å². The minimum absolute atomic E-state index is 0.283. The van der Waals surface area contributed by atoms with Crippen LogP contribution in [-0.2, 0) is 0 Å². The highest BCUT2D eigenvalue weighted by Gasteiger charge is 2.15. The molecule has 0 unspecified atom stereocenters. The fraction of sp³-hybridized carbons (Fsp3) is 0.250. The van der Waals surface area contributed by atoms with E-state index in [1.54, 1.807) is 6.08 Å². The van der Waals surface area contributed by atoms with Gasteiger partial charge in [0.2, 0.25) is 0 Å². The van der Waals surface area contributed by atoms with Crippen molar-refractivity contribution in [3.05, 3.63) is 37.0 Å². The molecule has 9 heavy (non-hydrogen) atoms. The Labute approximate surface area is 55.6 Å². The van der Waals surface area contributed by atoms with E-state index in [-0.39, 0.29) is 5.54 Å². The molecule has 0 radical (unpaired) electrons. The molecule has 0 aromatic rings. The molecule has 0 fully saturated rings. The smallest absolute Gasteiger partial charge is 0.0560 e. The van der Waals surface area contributed by atoms with Gasteiger partial charge in [0.15, 0.2) is 0 Å². The topological polar surface area (TPSA) is 26.0 Å². The zero-order chi connectivity index (χ0) is 6.74. The third-order valence-corrected chi connectivity index (χ3v) is 1.51. The van der Waals surface area contributed by atoms with Crippen molar-refractivity contribution in [1.29, 1.82) is 0 Å². The summed E-state index contributed by atoms with van der Waals surface area (Å²) < 4.78 is 0. The average molecular weight is 121 g/mol. The van der Waals surface area contributed by atoms with Gasteiger partial charge in [0.25, 0.3) is 0 Å². The predicted molar refractivity (Wildman–Crippen MR) is 40.0 cm³/mol. The predicted octanol–water partition coefficient (Wildman–Crippen LogP) is 1.39. The van der Waals surface area contributed by atoms with Gasteiger partial charge in [0, 0.05) is 0 Å². The molecule has 1 heteroatoms. The zero-order valence-electron chi connectivity index (χ0n) is 5.38. The number of allylic oxidation sites excluding steroid dienone is 2. The Kier molecular flexibility index (Phi) is 1.54. The first-order valence-corrected chi connectivity index (χ1v) is 3.04. The number of nitrogens with two attached hydrogens (primary N) is 1. The van der Waals surface area contributed by atoms with Crippen molar-refractivity contribution in [2.75, 3.05) is 0 Å². The fourth-order valence-electron chi connectivity index (χ4n) is 0.805. The molecule has 1 atom stereocenters. The highest BCUT2D eigenvalue weighted by Crippen LogP contribution is 2.14. The van der Waals surface area contributed by atoms with Gasteiger partial charge in [-0.2, -0.15) is 0 Å². The van der Waals surface area contributed by atoms with Crippen LogP contribution in [0, 0.1) is 0 Å². The van der Waals surface area contributed by atoms with Gasteiger partial charge in [-0.25, -0.2) is 0 Å². The van der Waals surface area contributed by atoms with Gasteiger partial charge < -0.3 is 5.73 Å². The summed E-state index contributed by atoms with van der Waals surface area (Å²) in [6.07, 6.45) is 10.6. The third-order valence-electron chi connectivity index (χ3n) is 1.51. The van der Waals surface area contributed by atoms with Crippen LogP contribution in [0.1, 0.15) is 6.42 Å². The van der Waals surface area contributed by atoms with Gasteiger partial charge in [0.1, 0.15) is 0 Å². The normalized spacial score (nSPS) is 32.6. The second kappa shape index (κ2) is 2.19. The van der Waals surface area contributed by atoms with E-state index in [2.05, 4.69) is 6.58 Å². The van der Waals surface area contributed by atoms with E-state index in [1.807, 2.05) is 24.3 Å². The monoisotopic (exact) mass is 121 g/mol. The molecule has 0 saturated heterocycles. The van der Waals surface area contributed by atoms with Crippen molar-refractivity contribution in [3.63, 3.8) is 0 Å². The second-order valence-corrected chi connectivity index (χ2v) is 2.31. The summed E-state index contributed by atoms with van der Waals surface area (Å²) in [5.41, 5.74) is 5.52. The summed E-state index contributed by atoms with van der Waals surface area (Å²) in [7, 11) is 0. The Morgan fingerprint density at radius 1 is 1.56 bits per heavy atom. The van der Waals surface area contributed by atoms with Gasteiger partial charge in [-0.1, -0.05) is 30.4 Å². The first-order valence-electron chi connectivity index (χ1n) is 3.04. The summed E-state index contributed by atoms with van der Waals surface area (Å²) in [6, 6.07) is 0. The van der Waals surface area contributed by atoms with E-state index < -0.39 is 0 Å². The summed E-state index contributed by atoms with van der Waals surface area (Å²) in [5.74, 6) is 0. The summed E-state index contributed by atoms with van der Waals surface area (Å²) in [6.45, 7) is 3.65. The molecular weight excluding hydrogens is 110 g/mol. The van der Waals surface area contributed by atoms with Gasteiger partial charge in [-0.05, 0) is 6.42 Å². The Balaban J connectivity index is 2.73. The fourth-order valence-corrected chi connectivity index (χ4v) is 0.805. The molecule has 48 valence electrons. The Morgan fingerprint density at radius 3 is 2.67 bits per heavy atom.